The predicted molar refractivity (Wildman–Crippen MR) is 122 cm³/mol. The molecule has 0 aliphatic heterocycles. The summed E-state index contributed by atoms with van der Waals surface area (Å²) in [5.41, 5.74) is 0.574. The molecular weight excluding hydrogens is 464 g/mol. The van der Waals surface area contributed by atoms with Crippen LogP contribution in [-0.4, -0.2) is 37.8 Å². The Morgan fingerprint density at radius 1 is 1.06 bits per heavy atom. The van der Waals surface area contributed by atoms with Gasteiger partial charge < -0.3 is 10.6 Å². The molecule has 3 aromatic rings. The summed E-state index contributed by atoms with van der Waals surface area (Å²) < 4.78 is 55.6. The quantitative estimate of drug-likeness (QED) is 0.440. The van der Waals surface area contributed by atoms with E-state index in [0.717, 1.165) is 6.20 Å². The summed E-state index contributed by atoms with van der Waals surface area (Å²) in [6.45, 7) is 3.83. The van der Waals surface area contributed by atoms with E-state index in [9.17, 15) is 22.4 Å². The molecule has 2 N–H and O–H groups in total. The highest BCUT2D eigenvalue weighted by Gasteiger charge is 2.37. The molecule has 11 heteroatoms. The van der Waals surface area contributed by atoms with Gasteiger partial charge in [-0.15, -0.1) is 0 Å². The van der Waals surface area contributed by atoms with Crippen LogP contribution in [-0.2, 0) is 0 Å². The van der Waals surface area contributed by atoms with Crippen LogP contribution in [0, 0.1) is 11.6 Å². The van der Waals surface area contributed by atoms with Gasteiger partial charge >= 0.3 is 0 Å². The number of anilines is 2. The molecule has 0 radical (unpaired) electrons. The predicted octanol–water partition coefficient (Wildman–Crippen LogP) is 5.58. The third kappa shape index (κ3) is 5.72. The molecule has 1 fully saturated rings. The lowest BCUT2D eigenvalue weighted by molar-refractivity contribution is -0.0384. The summed E-state index contributed by atoms with van der Waals surface area (Å²) in [7, 11) is 0. The minimum Gasteiger partial charge on any atom is -0.352 e. The maximum absolute atomic E-state index is 14.6. The van der Waals surface area contributed by atoms with Crippen LogP contribution in [0.3, 0.4) is 0 Å². The molecule has 0 saturated heterocycles. The Labute approximate surface area is 199 Å². The topological polar surface area (TPSA) is 92.7 Å². The second-order valence-corrected chi connectivity index (χ2v) is 8.78. The van der Waals surface area contributed by atoms with E-state index in [1.165, 1.54) is 24.7 Å². The number of halogens is 4. The number of hydrogen-bond donors (Lipinski definition) is 2. The standard InChI is InChI=1S/C24H24F4N6O/c1-13(2)33-23-31-10-15(11-32-23)22(35)34-21-17(20-18(26)9-16(25)12-30-20)5-8-29-19(21)14-3-6-24(27,28)7-4-14/h5,8-14H,3-4,6-7H2,1-2H3,(H,34,35)(H,31,32,33). The van der Waals surface area contributed by atoms with Crippen LogP contribution in [0.15, 0.2) is 36.9 Å². The molecule has 0 aromatic carbocycles. The van der Waals surface area contributed by atoms with Gasteiger partial charge in [0, 0.05) is 55.0 Å². The zero-order valence-corrected chi connectivity index (χ0v) is 19.2. The van der Waals surface area contributed by atoms with Gasteiger partial charge in [-0.05, 0) is 32.8 Å². The third-order valence-corrected chi connectivity index (χ3v) is 5.72. The van der Waals surface area contributed by atoms with Gasteiger partial charge in [0.05, 0.1) is 23.1 Å². The third-order valence-electron chi connectivity index (χ3n) is 5.72. The SMILES string of the molecule is CC(C)Nc1ncc(C(=O)Nc2c(-c3ncc(F)cc3F)ccnc2C2CCC(F)(F)CC2)cn1. The number of amides is 1. The fourth-order valence-corrected chi connectivity index (χ4v) is 4.01. The lowest BCUT2D eigenvalue weighted by atomic mass is 9.83. The maximum atomic E-state index is 14.6. The Kier molecular flexibility index (Phi) is 6.95. The van der Waals surface area contributed by atoms with Crippen LogP contribution in [0.2, 0.25) is 0 Å². The number of aromatic nitrogens is 4. The molecule has 1 saturated carbocycles. The number of hydrogen-bond acceptors (Lipinski definition) is 6. The molecule has 4 rings (SSSR count). The van der Waals surface area contributed by atoms with Crippen LogP contribution in [0.4, 0.5) is 29.2 Å². The van der Waals surface area contributed by atoms with Crippen molar-refractivity contribution in [3.8, 4) is 11.3 Å². The van der Waals surface area contributed by atoms with Crippen molar-refractivity contribution in [1.29, 1.82) is 0 Å². The fourth-order valence-electron chi connectivity index (χ4n) is 4.01. The minimum atomic E-state index is -2.76. The molecule has 184 valence electrons. The van der Waals surface area contributed by atoms with Gasteiger partial charge in [-0.1, -0.05) is 0 Å². The van der Waals surface area contributed by atoms with E-state index in [2.05, 4.69) is 30.6 Å². The molecule has 35 heavy (non-hydrogen) atoms. The lowest BCUT2D eigenvalue weighted by Gasteiger charge is -2.29. The van der Waals surface area contributed by atoms with Crippen molar-refractivity contribution in [1.82, 2.24) is 19.9 Å². The van der Waals surface area contributed by atoms with E-state index in [4.69, 9.17) is 0 Å². The van der Waals surface area contributed by atoms with Gasteiger partial charge in [0.25, 0.3) is 5.91 Å². The van der Waals surface area contributed by atoms with Crippen molar-refractivity contribution in [2.45, 2.75) is 57.4 Å². The summed E-state index contributed by atoms with van der Waals surface area (Å²) in [6, 6.07) is 2.21. The lowest BCUT2D eigenvalue weighted by Crippen LogP contribution is -2.25. The molecule has 1 amide bonds. The van der Waals surface area contributed by atoms with Crippen molar-refractivity contribution >= 4 is 17.5 Å². The molecular formula is C24H24F4N6O. The number of nitrogens with one attached hydrogen (secondary N) is 2. The average molecular weight is 488 g/mol. The van der Waals surface area contributed by atoms with Crippen molar-refractivity contribution in [2.75, 3.05) is 10.6 Å². The zero-order chi connectivity index (χ0) is 25.2. The first-order chi connectivity index (χ1) is 16.6. The number of rotatable bonds is 6. The van der Waals surface area contributed by atoms with Crippen molar-refractivity contribution in [3.05, 3.63) is 59.8 Å². The fraction of sp³-hybridized carbons (Fsp3) is 0.375. The molecule has 0 spiro atoms. The molecule has 0 bridgehead atoms. The first-order valence-corrected chi connectivity index (χ1v) is 11.2. The number of nitrogens with zero attached hydrogens (tertiary/aromatic N) is 4. The van der Waals surface area contributed by atoms with E-state index in [-0.39, 0.29) is 60.2 Å². The number of pyridine rings is 2. The average Bonchev–Trinajstić information content (AvgIpc) is 2.80. The molecule has 1 aliphatic carbocycles. The maximum Gasteiger partial charge on any atom is 0.258 e. The zero-order valence-electron chi connectivity index (χ0n) is 19.2. The summed E-state index contributed by atoms with van der Waals surface area (Å²) in [5, 5.41) is 5.74. The number of alkyl halides is 2. The van der Waals surface area contributed by atoms with Gasteiger partial charge in [0.15, 0.2) is 5.82 Å². The summed E-state index contributed by atoms with van der Waals surface area (Å²) in [6.07, 6.45) is 4.57. The van der Waals surface area contributed by atoms with Crippen molar-refractivity contribution in [3.63, 3.8) is 0 Å². The van der Waals surface area contributed by atoms with Crippen LogP contribution in [0.5, 0.6) is 0 Å². The first-order valence-electron chi connectivity index (χ1n) is 11.2. The van der Waals surface area contributed by atoms with Crippen LogP contribution < -0.4 is 10.6 Å². The molecule has 1 aliphatic rings. The first kappa shape index (κ1) is 24.5. The van der Waals surface area contributed by atoms with Gasteiger partial charge in [-0.2, -0.15) is 0 Å². The minimum absolute atomic E-state index is 0.0937. The van der Waals surface area contributed by atoms with Gasteiger partial charge in [-0.3, -0.25) is 14.8 Å². The molecule has 3 heterocycles. The largest absolute Gasteiger partial charge is 0.352 e. The van der Waals surface area contributed by atoms with Crippen molar-refractivity contribution < 1.29 is 22.4 Å². The molecule has 0 unspecified atom stereocenters. The molecule has 3 aromatic heterocycles. The highest BCUT2D eigenvalue weighted by Crippen LogP contribution is 2.44. The van der Waals surface area contributed by atoms with Crippen LogP contribution in [0.1, 0.15) is 61.5 Å². The van der Waals surface area contributed by atoms with Gasteiger partial charge in [0.2, 0.25) is 11.9 Å². The Balaban J connectivity index is 1.72. The van der Waals surface area contributed by atoms with E-state index in [1.54, 1.807) is 0 Å². The second kappa shape index (κ2) is 9.93. The Morgan fingerprint density at radius 3 is 2.37 bits per heavy atom. The monoisotopic (exact) mass is 488 g/mol. The van der Waals surface area contributed by atoms with Gasteiger partial charge in [-0.25, -0.2) is 27.5 Å². The smallest absolute Gasteiger partial charge is 0.258 e. The highest BCUT2D eigenvalue weighted by molar-refractivity contribution is 6.06. The van der Waals surface area contributed by atoms with E-state index in [1.807, 2.05) is 13.8 Å². The Bertz CT molecular complexity index is 1210. The van der Waals surface area contributed by atoms with Crippen molar-refractivity contribution in [2.24, 2.45) is 0 Å². The van der Waals surface area contributed by atoms with E-state index in [0.29, 0.717) is 17.7 Å². The molecule has 0 atom stereocenters. The van der Waals surface area contributed by atoms with Crippen LogP contribution in [0.25, 0.3) is 11.3 Å². The number of carbonyl (C=O) groups is 1. The van der Waals surface area contributed by atoms with E-state index >= 15 is 0 Å². The highest BCUT2D eigenvalue weighted by atomic mass is 19.3. The summed E-state index contributed by atoms with van der Waals surface area (Å²) >= 11 is 0. The van der Waals surface area contributed by atoms with E-state index < -0.39 is 23.5 Å². The van der Waals surface area contributed by atoms with Crippen LogP contribution >= 0.6 is 0 Å². The Morgan fingerprint density at radius 2 is 1.74 bits per heavy atom. The summed E-state index contributed by atoms with van der Waals surface area (Å²) in [5.74, 6) is -5.18. The second-order valence-electron chi connectivity index (χ2n) is 8.78. The van der Waals surface area contributed by atoms with Gasteiger partial charge in [0.1, 0.15) is 11.5 Å². The Hall–Kier alpha value is -3.63. The number of carbonyl (C=O) groups excluding carboxylic acids is 1. The molecule has 7 nitrogen and oxygen atoms in total. The normalized spacial score (nSPS) is 15.7. The summed E-state index contributed by atoms with van der Waals surface area (Å²) in [4.78, 5) is 29.5.